The van der Waals surface area contributed by atoms with Crippen molar-refractivity contribution in [1.29, 1.82) is 0 Å². The lowest BCUT2D eigenvalue weighted by molar-refractivity contribution is -0.126. The largest absolute Gasteiger partial charge is 0.352 e. The van der Waals surface area contributed by atoms with E-state index in [9.17, 15) is 4.79 Å². The Balaban J connectivity index is 1.28. The van der Waals surface area contributed by atoms with Crippen molar-refractivity contribution in [2.75, 3.05) is 26.2 Å². The van der Waals surface area contributed by atoms with Crippen LogP contribution >= 0.6 is 11.6 Å². The molecule has 2 aliphatic rings. The van der Waals surface area contributed by atoms with Crippen molar-refractivity contribution in [2.45, 2.75) is 45.3 Å². The molecule has 0 bridgehead atoms. The van der Waals surface area contributed by atoms with Crippen molar-refractivity contribution in [2.24, 2.45) is 5.92 Å². The van der Waals surface area contributed by atoms with E-state index in [0.717, 1.165) is 49.6 Å². The minimum absolute atomic E-state index is 0.0500. The number of carbonyl (C=O) groups is 1. The van der Waals surface area contributed by atoms with Gasteiger partial charge in [-0.05, 0) is 68.1 Å². The van der Waals surface area contributed by atoms with Crippen LogP contribution in [-0.4, -0.2) is 41.9 Å². The third-order valence-electron chi connectivity index (χ3n) is 6.29. The summed E-state index contributed by atoms with van der Waals surface area (Å²) in [5.41, 5.74) is 3.66. The number of benzene rings is 2. The van der Waals surface area contributed by atoms with Crippen LogP contribution in [0.2, 0.25) is 5.02 Å². The second-order valence-corrected chi connectivity index (χ2v) is 9.09. The number of nitrogens with zero attached hydrogens (tertiary/aromatic N) is 2. The SMILES string of the molecule is O=C(NCc1cccc(CN2CCCC2)c1)[C@H]1CCCN(Cc2ccccc2Cl)C1. The molecule has 4 nitrogen and oxygen atoms in total. The number of carbonyl (C=O) groups excluding carboxylic acids is 1. The maximum Gasteiger partial charge on any atom is 0.224 e. The molecule has 0 radical (unpaired) electrons. The van der Waals surface area contributed by atoms with Gasteiger partial charge in [0.1, 0.15) is 0 Å². The van der Waals surface area contributed by atoms with E-state index in [1.807, 2.05) is 18.2 Å². The summed E-state index contributed by atoms with van der Waals surface area (Å²) in [7, 11) is 0. The van der Waals surface area contributed by atoms with Gasteiger partial charge in [-0.2, -0.15) is 0 Å². The first kappa shape index (κ1) is 21.4. The lowest BCUT2D eigenvalue weighted by Crippen LogP contribution is -2.42. The van der Waals surface area contributed by atoms with Crippen molar-refractivity contribution >= 4 is 17.5 Å². The topological polar surface area (TPSA) is 35.6 Å². The van der Waals surface area contributed by atoms with E-state index in [2.05, 4.69) is 45.4 Å². The van der Waals surface area contributed by atoms with E-state index >= 15 is 0 Å². The number of hydrogen-bond acceptors (Lipinski definition) is 3. The second-order valence-electron chi connectivity index (χ2n) is 8.69. The molecule has 2 heterocycles. The Hall–Kier alpha value is -1.88. The van der Waals surface area contributed by atoms with E-state index in [-0.39, 0.29) is 11.8 Å². The van der Waals surface area contributed by atoms with Crippen LogP contribution in [0, 0.1) is 5.92 Å². The van der Waals surface area contributed by atoms with Crippen LogP contribution in [-0.2, 0) is 24.4 Å². The van der Waals surface area contributed by atoms with E-state index in [1.54, 1.807) is 0 Å². The Bertz CT molecular complexity index is 850. The smallest absolute Gasteiger partial charge is 0.224 e. The van der Waals surface area contributed by atoms with E-state index < -0.39 is 0 Å². The number of likely N-dealkylation sites (tertiary alicyclic amines) is 2. The van der Waals surface area contributed by atoms with Gasteiger partial charge in [0.2, 0.25) is 5.91 Å². The molecule has 2 aromatic carbocycles. The van der Waals surface area contributed by atoms with Crippen molar-refractivity contribution in [3.05, 3.63) is 70.2 Å². The highest BCUT2D eigenvalue weighted by Gasteiger charge is 2.26. The summed E-state index contributed by atoms with van der Waals surface area (Å²) in [5.74, 6) is 0.220. The first-order valence-corrected chi connectivity index (χ1v) is 11.6. The quantitative estimate of drug-likeness (QED) is 0.711. The molecule has 0 saturated carbocycles. The third-order valence-corrected chi connectivity index (χ3v) is 6.66. The molecule has 1 N–H and O–H groups in total. The second kappa shape index (κ2) is 10.4. The number of nitrogens with one attached hydrogen (secondary N) is 1. The Morgan fingerprint density at radius 3 is 2.53 bits per heavy atom. The molecule has 1 atom stereocenters. The van der Waals surface area contributed by atoms with Gasteiger partial charge < -0.3 is 5.32 Å². The van der Waals surface area contributed by atoms with Gasteiger partial charge in [0.15, 0.2) is 0 Å². The first-order valence-electron chi connectivity index (χ1n) is 11.2. The molecule has 1 amide bonds. The number of piperidine rings is 1. The molecule has 30 heavy (non-hydrogen) atoms. The highest BCUT2D eigenvalue weighted by atomic mass is 35.5. The number of rotatable bonds is 7. The molecule has 0 spiro atoms. The van der Waals surface area contributed by atoms with Gasteiger partial charge in [-0.15, -0.1) is 0 Å². The Kier molecular flexibility index (Phi) is 7.42. The first-order chi connectivity index (χ1) is 14.7. The minimum Gasteiger partial charge on any atom is -0.352 e. The predicted octanol–water partition coefficient (Wildman–Crippen LogP) is 4.46. The lowest BCUT2D eigenvalue weighted by atomic mass is 9.96. The number of hydrogen-bond donors (Lipinski definition) is 1. The van der Waals surface area contributed by atoms with Gasteiger partial charge >= 0.3 is 0 Å². The average molecular weight is 426 g/mol. The van der Waals surface area contributed by atoms with E-state index in [0.29, 0.717) is 6.54 Å². The summed E-state index contributed by atoms with van der Waals surface area (Å²) in [4.78, 5) is 17.7. The Morgan fingerprint density at radius 2 is 1.70 bits per heavy atom. The van der Waals surface area contributed by atoms with Crippen molar-refractivity contribution in [1.82, 2.24) is 15.1 Å². The predicted molar refractivity (Wildman–Crippen MR) is 122 cm³/mol. The third kappa shape index (κ3) is 5.84. The summed E-state index contributed by atoms with van der Waals surface area (Å²) in [6.07, 6.45) is 4.63. The Morgan fingerprint density at radius 1 is 0.933 bits per heavy atom. The molecule has 2 saturated heterocycles. The van der Waals surface area contributed by atoms with Gasteiger partial charge in [-0.25, -0.2) is 0 Å². The van der Waals surface area contributed by atoms with Crippen LogP contribution in [0.15, 0.2) is 48.5 Å². The van der Waals surface area contributed by atoms with Crippen LogP contribution < -0.4 is 5.32 Å². The highest BCUT2D eigenvalue weighted by Crippen LogP contribution is 2.22. The highest BCUT2D eigenvalue weighted by molar-refractivity contribution is 6.31. The molecular formula is C25H32ClN3O. The zero-order valence-corrected chi connectivity index (χ0v) is 18.4. The average Bonchev–Trinajstić information content (AvgIpc) is 3.27. The molecule has 4 rings (SSSR count). The molecule has 0 unspecified atom stereocenters. The fourth-order valence-electron chi connectivity index (χ4n) is 4.65. The van der Waals surface area contributed by atoms with Crippen LogP contribution in [0.25, 0.3) is 0 Å². The zero-order valence-electron chi connectivity index (χ0n) is 17.7. The number of halogens is 1. The maximum absolute atomic E-state index is 12.8. The summed E-state index contributed by atoms with van der Waals surface area (Å²) >= 11 is 6.32. The van der Waals surface area contributed by atoms with E-state index in [4.69, 9.17) is 11.6 Å². The van der Waals surface area contributed by atoms with Crippen LogP contribution in [0.5, 0.6) is 0 Å². The van der Waals surface area contributed by atoms with Crippen LogP contribution in [0.4, 0.5) is 0 Å². The van der Waals surface area contributed by atoms with Crippen LogP contribution in [0.3, 0.4) is 0 Å². The molecule has 0 aromatic heterocycles. The summed E-state index contributed by atoms with van der Waals surface area (Å²) in [6.45, 7) is 6.65. The van der Waals surface area contributed by atoms with Crippen molar-refractivity contribution in [3.8, 4) is 0 Å². The lowest BCUT2D eigenvalue weighted by Gasteiger charge is -2.32. The fraction of sp³-hybridized carbons (Fsp3) is 0.480. The fourth-order valence-corrected chi connectivity index (χ4v) is 4.85. The Labute approximate surface area is 185 Å². The van der Waals surface area contributed by atoms with E-state index in [1.165, 1.54) is 37.1 Å². The van der Waals surface area contributed by atoms with Crippen molar-refractivity contribution in [3.63, 3.8) is 0 Å². The molecule has 0 aliphatic carbocycles. The normalized spacial score (nSPS) is 20.4. The van der Waals surface area contributed by atoms with Gasteiger partial charge in [-0.1, -0.05) is 54.1 Å². The molecule has 2 aromatic rings. The van der Waals surface area contributed by atoms with Gasteiger partial charge in [-0.3, -0.25) is 14.6 Å². The molecule has 160 valence electrons. The van der Waals surface area contributed by atoms with Gasteiger partial charge in [0.05, 0.1) is 5.92 Å². The minimum atomic E-state index is 0.0500. The van der Waals surface area contributed by atoms with Crippen molar-refractivity contribution < 1.29 is 4.79 Å². The van der Waals surface area contributed by atoms with Gasteiger partial charge in [0.25, 0.3) is 0 Å². The maximum atomic E-state index is 12.8. The summed E-state index contributed by atoms with van der Waals surface area (Å²) in [5, 5.41) is 3.98. The zero-order chi connectivity index (χ0) is 20.8. The molecule has 2 fully saturated rings. The molecule has 5 heteroatoms. The summed E-state index contributed by atoms with van der Waals surface area (Å²) < 4.78 is 0. The molecular weight excluding hydrogens is 394 g/mol. The number of amides is 1. The van der Waals surface area contributed by atoms with Gasteiger partial charge in [0, 0.05) is 31.2 Å². The standard InChI is InChI=1S/C25H32ClN3O/c26-24-11-2-1-9-22(24)18-29-14-6-10-23(19-29)25(30)27-16-20-7-5-8-21(15-20)17-28-12-3-4-13-28/h1-2,5,7-9,11,15,23H,3-4,6,10,12-14,16-19H2,(H,27,30)/t23-/m0/s1. The van der Waals surface area contributed by atoms with Crippen LogP contribution in [0.1, 0.15) is 42.4 Å². The molecule has 2 aliphatic heterocycles. The monoisotopic (exact) mass is 425 g/mol. The summed E-state index contributed by atoms with van der Waals surface area (Å²) in [6, 6.07) is 16.6.